The standard InChI is InChI=1S/C12H16F3N/c1-10-3-5-11(6-4-10)9-16-8-2-7-12(13,14)15/h3-6,16H,2,7-9H2,1H3. The molecule has 0 atom stereocenters. The van der Waals surface area contributed by atoms with Crippen LogP contribution >= 0.6 is 0 Å². The van der Waals surface area contributed by atoms with Gasteiger partial charge in [0.15, 0.2) is 0 Å². The molecule has 16 heavy (non-hydrogen) atoms. The zero-order valence-corrected chi connectivity index (χ0v) is 9.27. The van der Waals surface area contributed by atoms with Crippen LogP contribution in [-0.2, 0) is 6.54 Å². The molecule has 0 aliphatic heterocycles. The Balaban J connectivity index is 2.14. The summed E-state index contributed by atoms with van der Waals surface area (Å²) >= 11 is 0. The molecule has 1 N–H and O–H groups in total. The molecule has 90 valence electrons. The first-order valence-electron chi connectivity index (χ1n) is 5.30. The minimum Gasteiger partial charge on any atom is -0.313 e. The Kier molecular flexibility index (Phi) is 4.80. The van der Waals surface area contributed by atoms with Crippen molar-refractivity contribution in [3.63, 3.8) is 0 Å². The highest BCUT2D eigenvalue weighted by Crippen LogP contribution is 2.20. The molecule has 0 fully saturated rings. The lowest BCUT2D eigenvalue weighted by molar-refractivity contribution is -0.135. The molecule has 0 saturated carbocycles. The predicted octanol–water partition coefficient (Wildman–Crippen LogP) is 3.43. The Hall–Kier alpha value is -1.03. The molecule has 0 aliphatic rings. The van der Waals surface area contributed by atoms with E-state index >= 15 is 0 Å². The third kappa shape index (κ3) is 5.75. The average Bonchev–Trinajstić information content (AvgIpc) is 2.19. The van der Waals surface area contributed by atoms with Crippen LogP contribution in [0.15, 0.2) is 24.3 Å². The van der Waals surface area contributed by atoms with E-state index in [9.17, 15) is 13.2 Å². The first kappa shape index (κ1) is 13.0. The highest BCUT2D eigenvalue weighted by molar-refractivity contribution is 5.20. The Bertz CT molecular complexity index is 303. The highest BCUT2D eigenvalue weighted by Gasteiger charge is 2.25. The molecule has 0 spiro atoms. The molecule has 0 unspecified atom stereocenters. The molecule has 0 amide bonds. The molecule has 1 nitrogen and oxygen atoms in total. The minimum absolute atomic E-state index is 0.134. The number of rotatable bonds is 5. The van der Waals surface area contributed by atoms with Crippen LogP contribution in [0.2, 0.25) is 0 Å². The molecule has 0 heterocycles. The summed E-state index contributed by atoms with van der Waals surface area (Å²) in [4.78, 5) is 0. The van der Waals surface area contributed by atoms with Crippen molar-refractivity contribution in [3.8, 4) is 0 Å². The maximum Gasteiger partial charge on any atom is 0.389 e. The summed E-state index contributed by atoms with van der Waals surface area (Å²) in [6, 6.07) is 7.94. The fourth-order valence-electron chi connectivity index (χ4n) is 1.35. The minimum atomic E-state index is -4.04. The molecule has 1 aromatic rings. The smallest absolute Gasteiger partial charge is 0.313 e. The maximum atomic E-state index is 11.8. The van der Waals surface area contributed by atoms with Crippen molar-refractivity contribution >= 4 is 0 Å². The van der Waals surface area contributed by atoms with Gasteiger partial charge in [-0.25, -0.2) is 0 Å². The Morgan fingerprint density at radius 2 is 1.75 bits per heavy atom. The predicted molar refractivity (Wildman–Crippen MR) is 58.2 cm³/mol. The van der Waals surface area contributed by atoms with Crippen molar-refractivity contribution in [1.82, 2.24) is 5.32 Å². The monoisotopic (exact) mass is 231 g/mol. The second kappa shape index (κ2) is 5.89. The van der Waals surface area contributed by atoms with Crippen LogP contribution in [0.4, 0.5) is 13.2 Å². The third-order valence-electron chi connectivity index (χ3n) is 2.26. The fourth-order valence-corrected chi connectivity index (χ4v) is 1.35. The van der Waals surface area contributed by atoms with Gasteiger partial charge in [-0.15, -0.1) is 0 Å². The number of hydrogen-bond acceptors (Lipinski definition) is 1. The van der Waals surface area contributed by atoms with Crippen molar-refractivity contribution in [2.45, 2.75) is 32.5 Å². The molecule has 1 rings (SSSR count). The van der Waals surface area contributed by atoms with Crippen LogP contribution in [0.1, 0.15) is 24.0 Å². The number of aryl methyl sites for hydroxylation is 1. The first-order chi connectivity index (χ1) is 7.47. The number of alkyl halides is 3. The summed E-state index contributed by atoms with van der Waals surface area (Å²) in [5.74, 6) is 0. The van der Waals surface area contributed by atoms with Crippen molar-refractivity contribution in [2.75, 3.05) is 6.54 Å². The largest absolute Gasteiger partial charge is 0.389 e. The van der Waals surface area contributed by atoms with Gasteiger partial charge < -0.3 is 5.32 Å². The topological polar surface area (TPSA) is 12.0 Å². The number of benzene rings is 1. The average molecular weight is 231 g/mol. The van der Waals surface area contributed by atoms with Crippen molar-refractivity contribution in [2.24, 2.45) is 0 Å². The molecule has 1 aromatic carbocycles. The van der Waals surface area contributed by atoms with E-state index in [1.165, 1.54) is 5.56 Å². The normalized spacial score (nSPS) is 11.8. The van der Waals surface area contributed by atoms with Crippen LogP contribution in [0.3, 0.4) is 0 Å². The summed E-state index contributed by atoms with van der Waals surface area (Å²) in [7, 11) is 0. The Labute approximate surface area is 93.7 Å². The van der Waals surface area contributed by atoms with E-state index in [1.807, 2.05) is 31.2 Å². The zero-order valence-electron chi connectivity index (χ0n) is 9.27. The number of nitrogens with one attached hydrogen (secondary N) is 1. The highest BCUT2D eigenvalue weighted by atomic mass is 19.4. The summed E-state index contributed by atoms with van der Waals surface area (Å²) in [5, 5.41) is 2.99. The summed E-state index contributed by atoms with van der Waals surface area (Å²) in [6.07, 6.45) is -4.62. The lowest BCUT2D eigenvalue weighted by Gasteiger charge is -2.07. The van der Waals surface area contributed by atoms with E-state index in [-0.39, 0.29) is 6.42 Å². The molecule has 0 aromatic heterocycles. The van der Waals surface area contributed by atoms with E-state index < -0.39 is 12.6 Å². The van der Waals surface area contributed by atoms with Crippen LogP contribution < -0.4 is 5.32 Å². The van der Waals surface area contributed by atoms with Gasteiger partial charge >= 0.3 is 6.18 Å². The molecule has 0 aliphatic carbocycles. The fraction of sp³-hybridized carbons (Fsp3) is 0.500. The molecule has 0 bridgehead atoms. The van der Waals surface area contributed by atoms with Crippen molar-refractivity contribution < 1.29 is 13.2 Å². The van der Waals surface area contributed by atoms with Gasteiger partial charge in [-0.1, -0.05) is 29.8 Å². The van der Waals surface area contributed by atoms with E-state index in [4.69, 9.17) is 0 Å². The van der Waals surface area contributed by atoms with Crippen LogP contribution in [0, 0.1) is 6.92 Å². The SMILES string of the molecule is Cc1ccc(CNCCCC(F)(F)F)cc1. The summed E-state index contributed by atoms with van der Waals surface area (Å²) < 4.78 is 35.5. The zero-order chi connectivity index (χ0) is 12.0. The third-order valence-corrected chi connectivity index (χ3v) is 2.26. The Morgan fingerprint density at radius 3 is 2.31 bits per heavy atom. The molecule has 0 saturated heterocycles. The molecular weight excluding hydrogens is 215 g/mol. The van der Waals surface area contributed by atoms with Gasteiger partial charge in [0, 0.05) is 13.0 Å². The summed E-state index contributed by atoms with van der Waals surface area (Å²) in [6.45, 7) is 3.02. The van der Waals surface area contributed by atoms with Crippen LogP contribution in [0.25, 0.3) is 0 Å². The van der Waals surface area contributed by atoms with E-state index in [0.29, 0.717) is 13.1 Å². The van der Waals surface area contributed by atoms with Gasteiger partial charge in [0.05, 0.1) is 0 Å². The van der Waals surface area contributed by atoms with Gasteiger partial charge in [-0.2, -0.15) is 13.2 Å². The molecule has 0 radical (unpaired) electrons. The van der Waals surface area contributed by atoms with E-state index in [2.05, 4.69) is 5.32 Å². The first-order valence-corrected chi connectivity index (χ1v) is 5.30. The van der Waals surface area contributed by atoms with E-state index in [1.54, 1.807) is 0 Å². The summed E-state index contributed by atoms with van der Waals surface area (Å²) in [5.41, 5.74) is 2.28. The van der Waals surface area contributed by atoms with Gasteiger partial charge in [0.25, 0.3) is 0 Å². The van der Waals surface area contributed by atoms with E-state index in [0.717, 1.165) is 5.56 Å². The van der Waals surface area contributed by atoms with Gasteiger partial charge in [0.1, 0.15) is 0 Å². The molecule has 4 heteroatoms. The second-order valence-electron chi connectivity index (χ2n) is 3.88. The second-order valence-corrected chi connectivity index (χ2v) is 3.88. The lowest BCUT2D eigenvalue weighted by atomic mass is 10.1. The Morgan fingerprint density at radius 1 is 1.12 bits per heavy atom. The number of hydrogen-bond donors (Lipinski definition) is 1. The van der Waals surface area contributed by atoms with Gasteiger partial charge in [-0.3, -0.25) is 0 Å². The van der Waals surface area contributed by atoms with Gasteiger partial charge in [-0.05, 0) is 25.5 Å². The van der Waals surface area contributed by atoms with Gasteiger partial charge in [0.2, 0.25) is 0 Å². The molecular formula is C12H16F3N. The van der Waals surface area contributed by atoms with Crippen LogP contribution in [-0.4, -0.2) is 12.7 Å². The van der Waals surface area contributed by atoms with Crippen molar-refractivity contribution in [3.05, 3.63) is 35.4 Å². The lowest BCUT2D eigenvalue weighted by Crippen LogP contribution is -2.17. The quantitative estimate of drug-likeness (QED) is 0.765. The van der Waals surface area contributed by atoms with Crippen molar-refractivity contribution in [1.29, 1.82) is 0 Å². The van der Waals surface area contributed by atoms with Crippen LogP contribution in [0.5, 0.6) is 0 Å². The maximum absolute atomic E-state index is 11.8. The number of halogens is 3.